The third kappa shape index (κ3) is 2.25. The zero-order valence-corrected chi connectivity index (χ0v) is 12.4. The number of aromatic amines is 2. The van der Waals surface area contributed by atoms with Crippen molar-refractivity contribution >= 4 is 22.1 Å². The zero-order chi connectivity index (χ0) is 15.1. The van der Waals surface area contributed by atoms with Gasteiger partial charge in [0.15, 0.2) is 0 Å². The molecule has 22 heavy (non-hydrogen) atoms. The number of imidazole rings is 2. The summed E-state index contributed by atoms with van der Waals surface area (Å²) in [6.07, 6.45) is 0.653. The largest absolute Gasteiger partial charge is 0.342 e. The zero-order valence-electron chi connectivity index (χ0n) is 12.4. The van der Waals surface area contributed by atoms with Crippen molar-refractivity contribution in [2.24, 2.45) is 5.73 Å². The van der Waals surface area contributed by atoms with Gasteiger partial charge in [-0.1, -0.05) is 12.1 Å². The number of H-pyrrole nitrogens is 2. The predicted octanol–water partition coefficient (Wildman–Crippen LogP) is 2.80. The minimum absolute atomic E-state index is 0.535. The Morgan fingerprint density at radius 2 is 1.55 bits per heavy atom. The molecule has 0 bridgehead atoms. The molecule has 5 heteroatoms. The van der Waals surface area contributed by atoms with Crippen molar-refractivity contribution in [1.82, 2.24) is 19.9 Å². The summed E-state index contributed by atoms with van der Waals surface area (Å²) < 4.78 is 0. The van der Waals surface area contributed by atoms with E-state index in [0.717, 1.165) is 39.3 Å². The minimum atomic E-state index is 0.535. The fraction of sp³-hybridized carbons (Fsp3) is 0.176. The number of nitrogens with zero attached hydrogens (tertiary/aromatic N) is 2. The van der Waals surface area contributed by atoms with Gasteiger partial charge in [0.1, 0.15) is 11.6 Å². The SMILES string of the molecule is Cc1ccc2nc(Cc3nc4ccc(CN)cc4[nH]3)[nH]c2c1. The quantitative estimate of drug-likeness (QED) is 0.542. The molecule has 5 nitrogen and oxygen atoms in total. The molecule has 0 atom stereocenters. The summed E-state index contributed by atoms with van der Waals surface area (Å²) in [4.78, 5) is 15.9. The van der Waals surface area contributed by atoms with Gasteiger partial charge in [0.05, 0.1) is 28.5 Å². The molecule has 0 unspecified atom stereocenters. The molecule has 2 aromatic carbocycles. The van der Waals surface area contributed by atoms with Crippen molar-refractivity contribution in [3.63, 3.8) is 0 Å². The van der Waals surface area contributed by atoms with Crippen molar-refractivity contribution in [1.29, 1.82) is 0 Å². The number of hydrogen-bond donors (Lipinski definition) is 3. The lowest BCUT2D eigenvalue weighted by molar-refractivity contribution is 0.960. The number of nitrogens with one attached hydrogen (secondary N) is 2. The molecule has 2 aromatic heterocycles. The Labute approximate surface area is 127 Å². The maximum absolute atomic E-state index is 5.68. The van der Waals surface area contributed by atoms with E-state index in [9.17, 15) is 0 Å². The first-order valence-electron chi connectivity index (χ1n) is 7.34. The summed E-state index contributed by atoms with van der Waals surface area (Å²) in [5, 5.41) is 0. The molecule has 0 radical (unpaired) electrons. The molecule has 4 aromatic rings. The highest BCUT2D eigenvalue weighted by Gasteiger charge is 2.08. The van der Waals surface area contributed by atoms with Crippen LogP contribution < -0.4 is 5.73 Å². The molecule has 0 aliphatic carbocycles. The molecule has 0 fully saturated rings. The standard InChI is InChI=1S/C17H17N5/c1-10-2-4-12-14(6-10)21-16(19-12)8-17-20-13-5-3-11(9-18)7-15(13)22-17/h2-7H,8-9,18H2,1H3,(H,19,21)(H,20,22). The highest BCUT2D eigenvalue weighted by Crippen LogP contribution is 2.17. The lowest BCUT2D eigenvalue weighted by atomic mass is 10.2. The van der Waals surface area contributed by atoms with Crippen molar-refractivity contribution in [2.45, 2.75) is 19.9 Å². The maximum atomic E-state index is 5.68. The van der Waals surface area contributed by atoms with Gasteiger partial charge in [-0.15, -0.1) is 0 Å². The Kier molecular flexibility index (Phi) is 2.94. The first-order chi connectivity index (χ1) is 10.7. The number of hydrogen-bond acceptors (Lipinski definition) is 3. The van der Waals surface area contributed by atoms with Crippen molar-refractivity contribution in [2.75, 3.05) is 0 Å². The van der Waals surface area contributed by atoms with Crippen molar-refractivity contribution in [3.8, 4) is 0 Å². The van der Waals surface area contributed by atoms with Gasteiger partial charge in [-0.2, -0.15) is 0 Å². The van der Waals surface area contributed by atoms with Crippen LogP contribution in [0, 0.1) is 6.92 Å². The number of aryl methyl sites for hydroxylation is 1. The Bertz CT molecular complexity index is 964. The van der Waals surface area contributed by atoms with Gasteiger partial charge in [-0.3, -0.25) is 0 Å². The summed E-state index contributed by atoms with van der Waals surface area (Å²) in [6.45, 7) is 2.61. The molecule has 0 saturated carbocycles. The van der Waals surface area contributed by atoms with Crippen LogP contribution in [0.5, 0.6) is 0 Å². The molecule has 4 N–H and O–H groups in total. The molecule has 2 heterocycles. The van der Waals surface area contributed by atoms with Crippen LogP contribution >= 0.6 is 0 Å². The molecule has 0 amide bonds. The van der Waals surface area contributed by atoms with Crippen LogP contribution in [0.1, 0.15) is 22.8 Å². The molecular weight excluding hydrogens is 274 g/mol. The molecule has 0 aliphatic rings. The summed E-state index contributed by atoms with van der Waals surface area (Å²) in [5.74, 6) is 1.82. The number of aromatic nitrogens is 4. The minimum Gasteiger partial charge on any atom is -0.342 e. The van der Waals surface area contributed by atoms with Crippen LogP contribution in [0.2, 0.25) is 0 Å². The van der Waals surface area contributed by atoms with Crippen LogP contribution in [0.3, 0.4) is 0 Å². The third-order valence-corrected chi connectivity index (χ3v) is 3.85. The van der Waals surface area contributed by atoms with E-state index in [1.165, 1.54) is 5.56 Å². The third-order valence-electron chi connectivity index (χ3n) is 3.85. The summed E-state index contributed by atoms with van der Waals surface area (Å²) in [5.41, 5.74) is 12.0. The average Bonchev–Trinajstić information content (AvgIpc) is 3.08. The van der Waals surface area contributed by atoms with Gasteiger partial charge in [-0.05, 0) is 42.3 Å². The van der Waals surface area contributed by atoms with Gasteiger partial charge in [0, 0.05) is 6.54 Å². The highest BCUT2D eigenvalue weighted by molar-refractivity contribution is 5.77. The van der Waals surface area contributed by atoms with Gasteiger partial charge < -0.3 is 15.7 Å². The van der Waals surface area contributed by atoms with Crippen LogP contribution in [0.4, 0.5) is 0 Å². The molecule has 0 saturated heterocycles. The van der Waals surface area contributed by atoms with Crippen molar-refractivity contribution in [3.05, 3.63) is 59.2 Å². The highest BCUT2D eigenvalue weighted by atomic mass is 15.0. The van der Waals surface area contributed by atoms with Gasteiger partial charge in [0.25, 0.3) is 0 Å². The van der Waals surface area contributed by atoms with Crippen LogP contribution in [-0.2, 0) is 13.0 Å². The van der Waals surface area contributed by atoms with E-state index in [2.05, 4.69) is 39.0 Å². The molecule has 4 rings (SSSR count). The van der Waals surface area contributed by atoms with E-state index in [-0.39, 0.29) is 0 Å². The molecule has 0 aliphatic heterocycles. The van der Waals surface area contributed by atoms with Crippen molar-refractivity contribution < 1.29 is 0 Å². The van der Waals surface area contributed by atoms with E-state index in [1.54, 1.807) is 0 Å². The van der Waals surface area contributed by atoms with Gasteiger partial charge in [0.2, 0.25) is 0 Å². The molecule has 110 valence electrons. The van der Waals surface area contributed by atoms with E-state index in [0.29, 0.717) is 13.0 Å². The Hall–Kier alpha value is -2.66. The topological polar surface area (TPSA) is 83.4 Å². The second-order valence-electron chi connectivity index (χ2n) is 5.62. The normalized spacial score (nSPS) is 11.5. The summed E-state index contributed by atoms with van der Waals surface area (Å²) >= 11 is 0. The number of nitrogens with two attached hydrogens (primary N) is 1. The summed E-state index contributed by atoms with van der Waals surface area (Å²) in [6, 6.07) is 12.3. The fourth-order valence-electron chi connectivity index (χ4n) is 2.74. The first-order valence-corrected chi connectivity index (χ1v) is 7.34. The van der Waals surface area contributed by atoms with E-state index < -0.39 is 0 Å². The number of rotatable bonds is 3. The number of fused-ring (bicyclic) bond motifs is 2. The maximum Gasteiger partial charge on any atom is 0.114 e. The van der Waals surface area contributed by atoms with E-state index >= 15 is 0 Å². The molecule has 0 spiro atoms. The first kappa shape index (κ1) is 13.0. The lowest BCUT2D eigenvalue weighted by Gasteiger charge is -1.94. The Balaban J connectivity index is 1.69. The van der Waals surface area contributed by atoms with Crippen LogP contribution in [0.25, 0.3) is 22.1 Å². The molecular formula is C17H17N5. The monoisotopic (exact) mass is 291 g/mol. The second kappa shape index (κ2) is 4.96. The predicted molar refractivity (Wildman–Crippen MR) is 87.6 cm³/mol. The number of benzene rings is 2. The lowest BCUT2D eigenvalue weighted by Crippen LogP contribution is -1.95. The average molecular weight is 291 g/mol. The van der Waals surface area contributed by atoms with Gasteiger partial charge in [-0.25, -0.2) is 9.97 Å². The van der Waals surface area contributed by atoms with Crippen LogP contribution in [-0.4, -0.2) is 19.9 Å². The Morgan fingerprint density at radius 1 is 0.909 bits per heavy atom. The van der Waals surface area contributed by atoms with E-state index in [1.807, 2.05) is 24.3 Å². The second-order valence-corrected chi connectivity index (χ2v) is 5.62. The van der Waals surface area contributed by atoms with Crippen LogP contribution in [0.15, 0.2) is 36.4 Å². The Morgan fingerprint density at radius 3 is 2.23 bits per heavy atom. The van der Waals surface area contributed by atoms with E-state index in [4.69, 9.17) is 5.73 Å². The smallest absolute Gasteiger partial charge is 0.114 e. The van der Waals surface area contributed by atoms with Gasteiger partial charge >= 0.3 is 0 Å². The summed E-state index contributed by atoms with van der Waals surface area (Å²) in [7, 11) is 0. The fourth-order valence-corrected chi connectivity index (χ4v) is 2.74.